The van der Waals surface area contributed by atoms with Crippen LogP contribution in [-0.4, -0.2) is 26.4 Å². The van der Waals surface area contributed by atoms with Crippen LogP contribution in [0.15, 0.2) is 24.3 Å². The summed E-state index contributed by atoms with van der Waals surface area (Å²) in [6.45, 7) is 3.31. The summed E-state index contributed by atoms with van der Waals surface area (Å²) < 4.78 is 11.2. The van der Waals surface area contributed by atoms with Crippen LogP contribution in [0.3, 0.4) is 0 Å². The summed E-state index contributed by atoms with van der Waals surface area (Å²) in [5.41, 5.74) is 2.55. The molecule has 94 valence electrons. The highest BCUT2D eigenvalue weighted by Gasteiger charge is 2.13. The van der Waals surface area contributed by atoms with Crippen LogP contribution in [-0.2, 0) is 22.6 Å². The maximum Gasteiger partial charge on any atom is 0.0720 e. The van der Waals surface area contributed by atoms with Gasteiger partial charge in [-0.3, -0.25) is 0 Å². The zero-order chi connectivity index (χ0) is 11.9. The first-order valence-electron chi connectivity index (χ1n) is 6.30. The number of rotatable bonds is 5. The summed E-state index contributed by atoms with van der Waals surface area (Å²) in [5, 5.41) is 3.14. The molecule has 0 amide bonds. The van der Waals surface area contributed by atoms with Crippen molar-refractivity contribution in [3.8, 4) is 0 Å². The van der Waals surface area contributed by atoms with E-state index in [-0.39, 0.29) is 0 Å². The molecule has 1 saturated heterocycles. The molecule has 3 nitrogen and oxygen atoms in total. The molecule has 1 heterocycles. The lowest BCUT2D eigenvalue weighted by molar-refractivity contribution is -0.0390. The third-order valence-corrected chi connectivity index (χ3v) is 3.06. The molecule has 1 aliphatic heterocycles. The van der Waals surface area contributed by atoms with Gasteiger partial charge in [0.2, 0.25) is 0 Å². The number of hydrogen-bond acceptors (Lipinski definition) is 3. The van der Waals surface area contributed by atoms with E-state index >= 15 is 0 Å². The average Bonchev–Trinajstić information content (AvgIpc) is 2.40. The minimum absolute atomic E-state index is 0.376. The number of nitrogens with one attached hydrogen (secondary N) is 1. The molecule has 0 aliphatic carbocycles. The quantitative estimate of drug-likeness (QED) is 0.848. The van der Waals surface area contributed by atoms with E-state index in [0.717, 1.165) is 32.6 Å². The van der Waals surface area contributed by atoms with Crippen LogP contribution >= 0.6 is 0 Å². The Bertz CT molecular complexity index is 317. The predicted octanol–water partition coefficient (Wildman–Crippen LogP) is 2.10. The first-order chi connectivity index (χ1) is 8.38. The Morgan fingerprint density at radius 1 is 1.18 bits per heavy atom. The van der Waals surface area contributed by atoms with Crippen molar-refractivity contribution in [2.45, 2.75) is 32.1 Å². The van der Waals surface area contributed by atoms with Gasteiger partial charge < -0.3 is 14.8 Å². The molecule has 3 heteroatoms. The van der Waals surface area contributed by atoms with Gasteiger partial charge in [-0.1, -0.05) is 24.3 Å². The summed E-state index contributed by atoms with van der Waals surface area (Å²) in [6.07, 6.45) is 2.43. The molecule has 1 aliphatic rings. The van der Waals surface area contributed by atoms with Gasteiger partial charge in [0.25, 0.3) is 0 Å². The highest BCUT2D eigenvalue weighted by atomic mass is 16.5. The van der Waals surface area contributed by atoms with Crippen molar-refractivity contribution in [1.82, 2.24) is 5.32 Å². The van der Waals surface area contributed by atoms with Crippen molar-refractivity contribution in [2.24, 2.45) is 0 Å². The van der Waals surface area contributed by atoms with Crippen molar-refractivity contribution in [3.05, 3.63) is 35.4 Å². The first-order valence-corrected chi connectivity index (χ1v) is 6.30. The van der Waals surface area contributed by atoms with E-state index < -0.39 is 0 Å². The highest BCUT2D eigenvalue weighted by Crippen LogP contribution is 2.13. The summed E-state index contributed by atoms with van der Waals surface area (Å²) >= 11 is 0. The molecule has 1 aromatic carbocycles. The third kappa shape index (κ3) is 4.11. The zero-order valence-corrected chi connectivity index (χ0v) is 10.4. The van der Waals surface area contributed by atoms with Crippen LogP contribution < -0.4 is 5.32 Å². The first kappa shape index (κ1) is 12.6. The van der Waals surface area contributed by atoms with Gasteiger partial charge in [0.15, 0.2) is 0 Å². The lowest BCUT2D eigenvalue weighted by Crippen LogP contribution is -2.23. The van der Waals surface area contributed by atoms with Crippen LogP contribution in [0.25, 0.3) is 0 Å². The van der Waals surface area contributed by atoms with E-state index in [1.165, 1.54) is 11.1 Å². The molecular weight excluding hydrogens is 214 g/mol. The van der Waals surface area contributed by atoms with E-state index in [1.807, 2.05) is 7.05 Å². The Morgan fingerprint density at radius 2 is 1.82 bits per heavy atom. The summed E-state index contributed by atoms with van der Waals surface area (Å²) in [5.74, 6) is 0. The van der Waals surface area contributed by atoms with Gasteiger partial charge in [0.05, 0.1) is 12.7 Å². The Labute approximate surface area is 103 Å². The number of ether oxygens (including phenoxy) is 2. The van der Waals surface area contributed by atoms with Gasteiger partial charge in [-0.25, -0.2) is 0 Å². The van der Waals surface area contributed by atoms with E-state index in [1.54, 1.807) is 0 Å². The van der Waals surface area contributed by atoms with E-state index in [4.69, 9.17) is 9.47 Å². The predicted molar refractivity (Wildman–Crippen MR) is 67.8 cm³/mol. The maximum absolute atomic E-state index is 5.87. The second-order valence-electron chi connectivity index (χ2n) is 4.47. The molecule has 1 aromatic rings. The van der Waals surface area contributed by atoms with E-state index in [9.17, 15) is 0 Å². The third-order valence-electron chi connectivity index (χ3n) is 3.06. The monoisotopic (exact) mass is 235 g/mol. The molecule has 1 fully saturated rings. The SMILES string of the molecule is CNCc1ccc(COC2CCOCC2)cc1. The second-order valence-corrected chi connectivity index (χ2v) is 4.47. The van der Waals surface area contributed by atoms with Crippen LogP contribution in [0.2, 0.25) is 0 Å². The molecule has 0 aromatic heterocycles. The lowest BCUT2D eigenvalue weighted by Gasteiger charge is -2.22. The van der Waals surface area contributed by atoms with Crippen molar-refractivity contribution in [2.75, 3.05) is 20.3 Å². The number of hydrogen-bond donors (Lipinski definition) is 1. The fourth-order valence-electron chi connectivity index (χ4n) is 2.01. The van der Waals surface area contributed by atoms with E-state index in [0.29, 0.717) is 12.7 Å². The molecule has 0 bridgehead atoms. The van der Waals surface area contributed by atoms with Crippen molar-refractivity contribution >= 4 is 0 Å². The molecular formula is C14H21NO2. The van der Waals surface area contributed by atoms with Crippen LogP contribution in [0, 0.1) is 0 Å². The maximum atomic E-state index is 5.87. The highest BCUT2D eigenvalue weighted by molar-refractivity contribution is 5.21. The normalized spacial score (nSPS) is 17.2. The average molecular weight is 235 g/mol. The Balaban J connectivity index is 1.77. The van der Waals surface area contributed by atoms with Crippen LogP contribution in [0.4, 0.5) is 0 Å². The van der Waals surface area contributed by atoms with Gasteiger partial charge in [-0.2, -0.15) is 0 Å². The van der Waals surface area contributed by atoms with Crippen molar-refractivity contribution < 1.29 is 9.47 Å². The molecule has 1 N–H and O–H groups in total. The minimum Gasteiger partial charge on any atom is -0.381 e. The Hall–Kier alpha value is -0.900. The molecule has 0 radical (unpaired) electrons. The minimum atomic E-state index is 0.376. The van der Waals surface area contributed by atoms with Crippen LogP contribution in [0.5, 0.6) is 0 Å². The number of benzene rings is 1. The molecule has 0 atom stereocenters. The van der Waals surface area contributed by atoms with Crippen molar-refractivity contribution in [3.63, 3.8) is 0 Å². The largest absolute Gasteiger partial charge is 0.381 e. The standard InChI is InChI=1S/C14H21NO2/c1-15-10-12-2-4-13(5-3-12)11-17-14-6-8-16-9-7-14/h2-5,14-15H,6-11H2,1H3. The van der Waals surface area contributed by atoms with Gasteiger partial charge in [0, 0.05) is 19.8 Å². The van der Waals surface area contributed by atoms with Gasteiger partial charge in [-0.15, -0.1) is 0 Å². The molecule has 0 spiro atoms. The molecule has 0 unspecified atom stereocenters. The summed E-state index contributed by atoms with van der Waals surface area (Å²) in [7, 11) is 1.96. The topological polar surface area (TPSA) is 30.5 Å². The second kappa shape index (κ2) is 6.74. The van der Waals surface area contributed by atoms with Gasteiger partial charge in [0.1, 0.15) is 0 Å². The van der Waals surface area contributed by atoms with E-state index in [2.05, 4.69) is 29.6 Å². The Kier molecular flexibility index (Phi) is 4.98. The molecule has 2 rings (SSSR count). The summed E-state index contributed by atoms with van der Waals surface area (Å²) in [6, 6.07) is 8.59. The summed E-state index contributed by atoms with van der Waals surface area (Å²) in [4.78, 5) is 0. The van der Waals surface area contributed by atoms with Crippen LogP contribution in [0.1, 0.15) is 24.0 Å². The fourth-order valence-corrected chi connectivity index (χ4v) is 2.01. The van der Waals surface area contributed by atoms with Crippen molar-refractivity contribution in [1.29, 1.82) is 0 Å². The zero-order valence-electron chi connectivity index (χ0n) is 10.4. The smallest absolute Gasteiger partial charge is 0.0720 e. The fraction of sp³-hybridized carbons (Fsp3) is 0.571. The van der Waals surface area contributed by atoms with Gasteiger partial charge in [-0.05, 0) is 31.0 Å². The lowest BCUT2D eigenvalue weighted by atomic mass is 10.1. The van der Waals surface area contributed by atoms with Gasteiger partial charge >= 0.3 is 0 Å². The molecule has 0 saturated carbocycles. The Morgan fingerprint density at radius 3 is 2.47 bits per heavy atom. The molecule has 17 heavy (non-hydrogen) atoms.